The average molecular weight is 511 g/mol. The third kappa shape index (κ3) is 7.26. The number of hydrogen-bond donors (Lipinski definition) is 1. The lowest BCUT2D eigenvalue weighted by atomic mass is 10.0. The van der Waals surface area contributed by atoms with E-state index in [1.165, 1.54) is 6.07 Å². The highest BCUT2D eigenvalue weighted by molar-refractivity contribution is 9.10. The zero-order valence-electron chi connectivity index (χ0n) is 18.8. The van der Waals surface area contributed by atoms with Gasteiger partial charge in [0.2, 0.25) is 11.8 Å². The van der Waals surface area contributed by atoms with Crippen molar-refractivity contribution in [3.8, 4) is 0 Å². The Balaban J connectivity index is 1.97. The molecule has 172 valence electrons. The van der Waals surface area contributed by atoms with Crippen LogP contribution in [0.2, 0.25) is 0 Å². The van der Waals surface area contributed by atoms with Crippen molar-refractivity contribution < 1.29 is 14.0 Å². The van der Waals surface area contributed by atoms with E-state index >= 15 is 0 Å². The predicted molar refractivity (Wildman–Crippen MR) is 132 cm³/mol. The maximum Gasteiger partial charge on any atom is 0.243 e. The second kappa shape index (κ2) is 11.8. The van der Waals surface area contributed by atoms with Gasteiger partial charge in [0.15, 0.2) is 0 Å². The van der Waals surface area contributed by atoms with Crippen molar-refractivity contribution in [2.45, 2.75) is 45.3 Å². The SMILES string of the molecule is CC(C)NC(=O)C(Cc1ccccc1)N(Cc1ccc(Br)cc1)C(=O)Cc1ccccc1F. The summed E-state index contributed by atoms with van der Waals surface area (Å²) in [6, 6.07) is 22.7. The van der Waals surface area contributed by atoms with Crippen LogP contribution in [0.5, 0.6) is 0 Å². The molecule has 1 unspecified atom stereocenters. The van der Waals surface area contributed by atoms with E-state index < -0.39 is 11.9 Å². The number of nitrogens with zero attached hydrogens (tertiary/aromatic N) is 1. The van der Waals surface area contributed by atoms with Gasteiger partial charge < -0.3 is 10.2 Å². The van der Waals surface area contributed by atoms with E-state index in [0.29, 0.717) is 12.0 Å². The first kappa shape index (κ1) is 24.6. The summed E-state index contributed by atoms with van der Waals surface area (Å²) >= 11 is 3.43. The second-order valence-corrected chi connectivity index (χ2v) is 9.20. The molecule has 0 aliphatic rings. The quantitative estimate of drug-likeness (QED) is 0.424. The minimum absolute atomic E-state index is 0.0769. The molecule has 3 aromatic rings. The smallest absolute Gasteiger partial charge is 0.243 e. The fraction of sp³-hybridized carbons (Fsp3) is 0.259. The van der Waals surface area contributed by atoms with E-state index in [1.54, 1.807) is 23.1 Å². The minimum Gasteiger partial charge on any atom is -0.352 e. The average Bonchev–Trinajstić information content (AvgIpc) is 2.79. The van der Waals surface area contributed by atoms with Gasteiger partial charge in [0.05, 0.1) is 6.42 Å². The molecule has 0 bridgehead atoms. The van der Waals surface area contributed by atoms with Crippen LogP contribution in [0.3, 0.4) is 0 Å². The van der Waals surface area contributed by atoms with Gasteiger partial charge in [0.25, 0.3) is 0 Å². The van der Waals surface area contributed by atoms with Gasteiger partial charge in [-0.25, -0.2) is 4.39 Å². The maximum atomic E-state index is 14.3. The van der Waals surface area contributed by atoms with E-state index in [9.17, 15) is 14.0 Å². The fourth-order valence-electron chi connectivity index (χ4n) is 3.63. The van der Waals surface area contributed by atoms with Crippen molar-refractivity contribution >= 4 is 27.7 Å². The summed E-state index contributed by atoms with van der Waals surface area (Å²) in [6.07, 6.45) is 0.238. The maximum absolute atomic E-state index is 14.3. The molecule has 0 spiro atoms. The topological polar surface area (TPSA) is 49.4 Å². The Morgan fingerprint density at radius 1 is 0.909 bits per heavy atom. The van der Waals surface area contributed by atoms with Gasteiger partial charge in [-0.3, -0.25) is 9.59 Å². The van der Waals surface area contributed by atoms with Crippen molar-refractivity contribution in [2.75, 3.05) is 0 Å². The molecule has 3 aromatic carbocycles. The number of rotatable bonds is 9. The summed E-state index contributed by atoms with van der Waals surface area (Å²) < 4.78 is 15.2. The van der Waals surface area contributed by atoms with E-state index in [4.69, 9.17) is 0 Å². The molecular weight excluding hydrogens is 483 g/mol. The summed E-state index contributed by atoms with van der Waals surface area (Å²) in [5, 5.41) is 2.95. The highest BCUT2D eigenvalue weighted by Gasteiger charge is 2.31. The largest absolute Gasteiger partial charge is 0.352 e. The minimum atomic E-state index is -0.738. The Bertz CT molecular complexity index is 1070. The van der Waals surface area contributed by atoms with Crippen LogP contribution in [-0.4, -0.2) is 28.8 Å². The first-order chi connectivity index (χ1) is 15.8. The lowest BCUT2D eigenvalue weighted by molar-refractivity contribution is -0.141. The Labute approximate surface area is 202 Å². The van der Waals surface area contributed by atoms with E-state index in [0.717, 1.165) is 15.6 Å². The van der Waals surface area contributed by atoms with Gasteiger partial charge in [-0.05, 0) is 48.7 Å². The molecule has 3 rings (SSSR count). The summed E-state index contributed by atoms with van der Waals surface area (Å²) in [5.41, 5.74) is 2.14. The second-order valence-electron chi connectivity index (χ2n) is 8.29. The lowest BCUT2D eigenvalue weighted by Crippen LogP contribution is -2.52. The monoisotopic (exact) mass is 510 g/mol. The van der Waals surface area contributed by atoms with Gasteiger partial charge in [-0.2, -0.15) is 0 Å². The molecule has 1 N–H and O–H groups in total. The predicted octanol–water partition coefficient (Wildman–Crippen LogP) is 5.30. The Morgan fingerprint density at radius 3 is 2.18 bits per heavy atom. The summed E-state index contributed by atoms with van der Waals surface area (Å²) in [5.74, 6) is -0.962. The van der Waals surface area contributed by atoms with Gasteiger partial charge in [-0.1, -0.05) is 76.6 Å². The molecule has 4 nitrogen and oxygen atoms in total. The normalized spacial score (nSPS) is 11.8. The molecule has 0 saturated carbocycles. The molecular formula is C27H28BrFN2O2. The van der Waals surface area contributed by atoms with Gasteiger partial charge in [0.1, 0.15) is 11.9 Å². The van der Waals surface area contributed by atoms with Crippen molar-refractivity contribution in [3.05, 3.63) is 106 Å². The molecule has 2 amide bonds. The van der Waals surface area contributed by atoms with Crippen LogP contribution in [0.15, 0.2) is 83.3 Å². The summed E-state index contributed by atoms with van der Waals surface area (Å²) in [4.78, 5) is 28.4. The third-order valence-electron chi connectivity index (χ3n) is 5.27. The van der Waals surface area contributed by atoms with Crippen molar-refractivity contribution in [2.24, 2.45) is 0 Å². The van der Waals surface area contributed by atoms with E-state index in [-0.39, 0.29) is 30.8 Å². The number of carbonyl (C=O) groups is 2. The zero-order valence-corrected chi connectivity index (χ0v) is 20.4. The summed E-state index contributed by atoms with van der Waals surface area (Å²) in [7, 11) is 0. The Morgan fingerprint density at radius 2 is 1.55 bits per heavy atom. The molecule has 0 saturated heterocycles. The third-order valence-corrected chi connectivity index (χ3v) is 5.80. The van der Waals surface area contributed by atoms with E-state index in [1.807, 2.05) is 68.4 Å². The van der Waals surface area contributed by atoms with Crippen LogP contribution in [0.25, 0.3) is 0 Å². The first-order valence-corrected chi connectivity index (χ1v) is 11.7. The molecule has 0 fully saturated rings. The van der Waals surface area contributed by atoms with Crippen LogP contribution in [-0.2, 0) is 29.0 Å². The highest BCUT2D eigenvalue weighted by Crippen LogP contribution is 2.19. The number of hydrogen-bond acceptors (Lipinski definition) is 2. The molecule has 0 aliphatic heterocycles. The molecule has 1 atom stereocenters. The van der Waals surface area contributed by atoms with Gasteiger partial charge >= 0.3 is 0 Å². The number of amides is 2. The number of benzene rings is 3. The fourth-order valence-corrected chi connectivity index (χ4v) is 3.89. The standard InChI is InChI=1S/C27H28BrFN2O2/c1-19(2)30-27(33)25(16-20-8-4-3-5-9-20)31(18-21-12-14-23(28)15-13-21)26(32)17-22-10-6-7-11-24(22)29/h3-15,19,25H,16-18H2,1-2H3,(H,30,33). The Hall–Kier alpha value is -2.99. The Kier molecular flexibility index (Phi) is 8.78. The van der Waals surface area contributed by atoms with Gasteiger partial charge in [0, 0.05) is 23.5 Å². The van der Waals surface area contributed by atoms with Crippen LogP contribution in [0, 0.1) is 5.82 Å². The molecule has 0 aromatic heterocycles. The molecule has 6 heteroatoms. The number of carbonyl (C=O) groups excluding carboxylic acids is 2. The molecule has 0 radical (unpaired) electrons. The van der Waals surface area contributed by atoms with Crippen molar-refractivity contribution in [3.63, 3.8) is 0 Å². The number of halogens is 2. The van der Waals surface area contributed by atoms with Crippen LogP contribution in [0.4, 0.5) is 4.39 Å². The lowest BCUT2D eigenvalue weighted by Gasteiger charge is -2.32. The molecule has 0 heterocycles. The first-order valence-electron chi connectivity index (χ1n) is 10.9. The van der Waals surface area contributed by atoms with E-state index in [2.05, 4.69) is 21.2 Å². The zero-order chi connectivity index (χ0) is 23.8. The van der Waals surface area contributed by atoms with Crippen molar-refractivity contribution in [1.29, 1.82) is 0 Å². The van der Waals surface area contributed by atoms with Crippen LogP contribution < -0.4 is 5.32 Å². The van der Waals surface area contributed by atoms with Crippen LogP contribution in [0.1, 0.15) is 30.5 Å². The summed E-state index contributed by atoms with van der Waals surface area (Å²) in [6.45, 7) is 4.01. The van der Waals surface area contributed by atoms with Crippen LogP contribution >= 0.6 is 15.9 Å². The van der Waals surface area contributed by atoms with Crippen molar-refractivity contribution in [1.82, 2.24) is 10.2 Å². The highest BCUT2D eigenvalue weighted by atomic mass is 79.9. The molecule has 0 aliphatic carbocycles. The van der Waals surface area contributed by atoms with Gasteiger partial charge in [-0.15, -0.1) is 0 Å². The molecule has 33 heavy (non-hydrogen) atoms. The number of nitrogens with one attached hydrogen (secondary N) is 1.